The molecule has 0 spiro atoms. The molecule has 0 aliphatic heterocycles. The maximum Gasteiger partial charge on any atom is 0.251 e. The number of aliphatic hydroxyl groups is 1. The second-order valence-electron chi connectivity index (χ2n) is 4.63. The van der Waals surface area contributed by atoms with Crippen LogP contribution in [0.1, 0.15) is 24.2 Å². The van der Waals surface area contributed by atoms with Gasteiger partial charge < -0.3 is 20.5 Å². The fourth-order valence-corrected chi connectivity index (χ4v) is 1.47. The lowest BCUT2D eigenvalue weighted by atomic mass is 10.2. The van der Waals surface area contributed by atoms with Crippen molar-refractivity contribution in [1.29, 1.82) is 0 Å². The Labute approximate surface area is 114 Å². The molecule has 1 rings (SSSR count). The molecule has 0 unspecified atom stereocenters. The van der Waals surface area contributed by atoms with Gasteiger partial charge in [0.25, 0.3) is 5.91 Å². The lowest BCUT2D eigenvalue weighted by Crippen LogP contribution is -2.35. The molecule has 0 aromatic heterocycles. The maximum atomic E-state index is 11.3. The highest BCUT2D eigenvalue weighted by Crippen LogP contribution is 2.12. The van der Waals surface area contributed by atoms with Crippen LogP contribution in [0.3, 0.4) is 0 Å². The van der Waals surface area contributed by atoms with E-state index in [9.17, 15) is 9.90 Å². The number of aliphatic hydroxyl groups excluding tert-OH is 1. The van der Waals surface area contributed by atoms with E-state index in [1.807, 2.05) is 13.8 Å². The zero-order chi connectivity index (χ0) is 14.3. The van der Waals surface area contributed by atoms with Crippen molar-refractivity contribution >= 4 is 5.91 Å². The van der Waals surface area contributed by atoms with E-state index in [1.165, 1.54) is 0 Å². The molecule has 0 aliphatic carbocycles. The zero-order valence-corrected chi connectivity index (χ0v) is 11.6. The molecule has 0 heterocycles. The minimum atomic E-state index is -0.555. The molecule has 1 aromatic carbocycles. The van der Waals surface area contributed by atoms with E-state index < -0.39 is 6.10 Å². The largest absolute Gasteiger partial charge is 0.491 e. The molecule has 0 fully saturated rings. The Hall–Kier alpha value is -1.59. The number of carbonyl (C=O) groups is 1. The smallest absolute Gasteiger partial charge is 0.251 e. The number of hydrogen-bond donors (Lipinski definition) is 3. The molecule has 5 heteroatoms. The van der Waals surface area contributed by atoms with Crippen LogP contribution in [0.5, 0.6) is 5.75 Å². The van der Waals surface area contributed by atoms with Crippen molar-refractivity contribution < 1.29 is 14.6 Å². The van der Waals surface area contributed by atoms with Crippen molar-refractivity contribution in [1.82, 2.24) is 10.6 Å². The van der Waals surface area contributed by atoms with Gasteiger partial charge in [0, 0.05) is 25.2 Å². The van der Waals surface area contributed by atoms with Gasteiger partial charge in [0.1, 0.15) is 18.5 Å². The minimum Gasteiger partial charge on any atom is -0.491 e. The third-order valence-corrected chi connectivity index (χ3v) is 2.55. The van der Waals surface area contributed by atoms with Crippen molar-refractivity contribution in [3.63, 3.8) is 0 Å². The molecule has 0 saturated carbocycles. The summed E-state index contributed by atoms with van der Waals surface area (Å²) >= 11 is 0. The van der Waals surface area contributed by atoms with Crippen LogP contribution in [0, 0.1) is 0 Å². The Morgan fingerprint density at radius 2 is 1.95 bits per heavy atom. The SMILES string of the molecule is CNC(=O)c1ccc(OC[C@@H](O)CNC(C)C)cc1. The highest BCUT2D eigenvalue weighted by molar-refractivity contribution is 5.94. The fraction of sp³-hybridized carbons (Fsp3) is 0.500. The third-order valence-electron chi connectivity index (χ3n) is 2.55. The molecule has 3 N–H and O–H groups in total. The van der Waals surface area contributed by atoms with Gasteiger partial charge in [-0.1, -0.05) is 13.8 Å². The van der Waals surface area contributed by atoms with Crippen molar-refractivity contribution in [3.05, 3.63) is 29.8 Å². The monoisotopic (exact) mass is 266 g/mol. The summed E-state index contributed by atoms with van der Waals surface area (Å²) < 4.78 is 5.45. The number of benzene rings is 1. The molecular weight excluding hydrogens is 244 g/mol. The Morgan fingerprint density at radius 1 is 1.32 bits per heavy atom. The number of rotatable bonds is 7. The third kappa shape index (κ3) is 5.72. The van der Waals surface area contributed by atoms with Gasteiger partial charge in [0.05, 0.1) is 0 Å². The molecule has 19 heavy (non-hydrogen) atoms. The summed E-state index contributed by atoms with van der Waals surface area (Å²) in [5, 5.41) is 15.4. The predicted octanol–water partition coefficient (Wildman–Crippen LogP) is 0.784. The maximum absolute atomic E-state index is 11.3. The summed E-state index contributed by atoms with van der Waals surface area (Å²) in [7, 11) is 1.59. The van der Waals surface area contributed by atoms with Gasteiger partial charge >= 0.3 is 0 Å². The zero-order valence-electron chi connectivity index (χ0n) is 11.6. The quantitative estimate of drug-likeness (QED) is 0.682. The van der Waals surface area contributed by atoms with Gasteiger partial charge in [-0.15, -0.1) is 0 Å². The van der Waals surface area contributed by atoms with E-state index in [2.05, 4.69) is 10.6 Å². The van der Waals surface area contributed by atoms with Crippen molar-refractivity contribution in [2.24, 2.45) is 0 Å². The summed E-state index contributed by atoms with van der Waals surface area (Å²) in [6.45, 7) is 4.75. The lowest BCUT2D eigenvalue weighted by Gasteiger charge is -2.15. The van der Waals surface area contributed by atoms with E-state index in [-0.39, 0.29) is 12.5 Å². The fourth-order valence-electron chi connectivity index (χ4n) is 1.47. The first-order valence-corrected chi connectivity index (χ1v) is 6.39. The summed E-state index contributed by atoms with van der Waals surface area (Å²) in [4.78, 5) is 11.3. The molecule has 0 saturated heterocycles. The van der Waals surface area contributed by atoms with Crippen LogP contribution in [0.25, 0.3) is 0 Å². The molecule has 5 nitrogen and oxygen atoms in total. The first kappa shape index (κ1) is 15.5. The van der Waals surface area contributed by atoms with Gasteiger partial charge in [-0.05, 0) is 24.3 Å². The first-order valence-electron chi connectivity index (χ1n) is 6.39. The standard InChI is InChI=1S/C14H22N2O3/c1-10(2)16-8-12(17)9-19-13-6-4-11(5-7-13)14(18)15-3/h4-7,10,12,16-17H,8-9H2,1-3H3,(H,15,18)/t12-/m0/s1. The summed E-state index contributed by atoms with van der Waals surface area (Å²) in [6, 6.07) is 7.14. The molecule has 1 amide bonds. The number of carbonyl (C=O) groups excluding carboxylic acids is 1. The molecular formula is C14H22N2O3. The van der Waals surface area contributed by atoms with Crippen LogP contribution in [0.15, 0.2) is 24.3 Å². The highest BCUT2D eigenvalue weighted by atomic mass is 16.5. The Kier molecular flexibility index (Phi) is 6.32. The number of ether oxygens (including phenoxy) is 1. The van der Waals surface area contributed by atoms with E-state index >= 15 is 0 Å². The number of hydrogen-bond acceptors (Lipinski definition) is 4. The minimum absolute atomic E-state index is 0.132. The molecule has 106 valence electrons. The highest BCUT2D eigenvalue weighted by Gasteiger charge is 2.07. The molecule has 0 aliphatic rings. The topological polar surface area (TPSA) is 70.6 Å². The van der Waals surface area contributed by atoms with Crippen LogP contribution < -0.4 is 15.4 Å². The van der Waals surface area contributed by atoms with Gasteiger partial charge in [-0.2, -0.15) is 0 Å². The van der Waals surface area contributed by atoms with Crippen molar-refractivity contribution in [2.75, 3.05) is 20.2 Å². The van der Waals surface area contributed by atoms with E-state index in [1.54, 1.807) is 31.3 Å². The van der Waals surface area contributed by atoms with Crippen LogP contribution in [-0.2, 0) is 0 Å². The molecule has 1 aromatic rings. The van der Waals surface area contributed by atoms with Crippen LogP contribution >= 0.6 is 0 Å². The predicted molar refractivity (Wildman–Crippen MR) is 74.5 cm³/mol. The van der Waals surface area contributed by atoms with Crippen LogP contribution in [0.4, 0.5) is 0 Å². The molecule has 0 radical (unpaired) electrons. The van der Waals surface area contributed by atoms with Gasteiger partial charge in [-0.3, -0.25) is 4.79 Å². The van der Waals surface area contributed by atoms with E-state index in [4.69, 9.17) is 4.74 Å². The Balaban J connectivity index is 2.39. The van der Waals surface area contributed by atoms with Gasteiger partial charge in [0.15, 0.2) is 0 Å². The van der Waals surface area contributed by atoms with Crippen molar-refractivity contribution in [3.8, 4) is 5.75 Å². The number of amides is 1. The van der Waals surface area contributed by atoms with Gasteiger partial charge in [-0.25, -0.2) is 0 Å². The normalized spacial score (nSPS) is 12.3. The average molecular weight is 266 g/mol. The summed E-state index contributed by atoms with van der Waals surface area (Å²) in [6.07, 6.45) is -0.555. The van der Waals surface area contributed by atoms with Crippen LogP contribution in [0.2, 0.25) is 0 Å². The van der Waals surface area contributed by atoms with Gasteiger partial charge in [0.2, 0.25) is 0 Å². The van der Waals surface area contributed by atoms with Crippen molar-refractivity contribution in [2.45, 2.75) is 26.0 Å². The van der Waals surface area contributed by atoms with E-state index in [0.717, 1.165) is 0 Å². The summed E-state index contributed by atoms with van der Waals surface area (Å²) in [5.74, 6) is 0.504. The van der Waals surface area contributed by atoms with E-state index in [0.29, 0.717) is 23.9 Å². The Bertz CT molecular complexity index is 390. The second kappa shape index (κ2) is 7.76. The Morgan fingerprint density at radius 3 is 2.47 bits per heavy atom. The summed E-state index contributed by atoms with van der Waals surface area (Å²) in [5.41, 5.74) is 0.580. The molecule has 0 bridgehead atoms. The number of nitrogens with one attached hydrogen (secondary N) is 2. The van der Waals surface area contributed by atoms with Crippen LogP contribution in [-0.4, -0.2) is 43.4 Å². The average Bonchev–Trinajstić information content (AvgIpc) is 2.42. The lowest BCUT2D eigenvalue weighted by molar-refractivity contribution is 0.0962. The first-order chi connectivity index (χ1) is 9.02. The molecule has 1 atom stereocenters. The second-order valence-corrected chi connectivity index (χ2v) is 4.63.